The highest BCUT2D eigenvalue weighted by Crippen LogP contribution is 2.80. The number of aliphatic hydroxyl groups is 2. The lowest BCUT2D eigenvalue weighted by molar-refractivity contribution is -0.243. The minimum Gasteiger partial charge on any atom is -0.462 e. The summed E-state index contributed by atoms with van der Waals surface area (Å²) in [4.78, 5) is 27.8. The van der Waals surface area contributed by atoms with Gasteiger partial charge in [-0.05, 0) is 138 Å². The van der Waals surface area contributed by atoms with Crippen LogP contribution in [-0.4, -0.2) is 64.6 Å². The third kappa shape index (κ3) is 3.17. The molecule has 12 aliphatic carbocycles. The van der Waals surface area contributed by atoms with E-state index >= 15 is 0 Å². The van der Waals surface area contributed by atoms with Gasteiger partial charge in [-0.15, -0.1) is 0 Å². The van der Waals surface area contributed by atoms with Crippen molar-refractivity contribution in [3.63, 3.8) is 0 Å². The summed E-state index contributed by atoms with van der Waals surface area (Å²) >= 11 is 0. The second-order valence-electron chi connectivity index (χ2n) is 18.8. The van der Waals surface area contributed by atoms with E-state index in [2.05, 4.69) is 0 Å². The first-order valence-corrected chi connectivity index (χ1v) is 18.2. The standard InChI is InChI=1S/C36H48O8/c37-29(31-6-20-1-21(7-31)10-33(39,9-20)17-31)41-15-27-28(44-36(43-27)24-3-19-2-23(5-24)26(36)4-19)16-42-30(38)32-8-22-11-34(18-32)25(13-32)14-35(34,40)12-22/h19-28,39-40H,1-18H2. The number of rotatable bonds is 6. The van der Waals surface area contributed by atoms with Gasteiger partial charge >= 0.3 is 11.9 Å². The van der Waals surface area contributed by atoms with Crippen molar-refractivity contribution >= 4 is 11.9 Å². The van der Waals surface area contributed by atoms with Crippen LogP contribution in [0.1, 0.15) is 103 Å². The first-order valence-electron chi connectivity index (χ1n) is 18.2. The topological polar surface area (TPSA) is 112 Å². The summed E-state index contributed by atoms with van der Waals surface area (Å²) in [5, 5.41) is 22.5. The highest BCUT2D eigenvalue weighted by Gasteiger charge is 2.79. The number of carbonyl (C=O) groups excluding carboxylic acids is 2. The van der Waals surface area contributed by atoms with E-state index in [9.17, 15) is 19.8 Å². The second-order valence-corrected chi connectivity index (χ2v) is 18.8. The molecule has 1 heterocycles. The molecule has 0 aromatic heterocycles. The Bertz CT molecular complexity index is 1320. The zero-order chi connectivity index (χ0) is 29.5. The fourth-order valence-electron chi connectivity index (χ4n) is 15.7. The average Bonchev–Trinajstić information content (AvgIpc) is 3.63. The normalized spacial score (nSPS) is 62.5. The van der Waals surface area contributed by atoms with Crippen LogP contribution in [0.15, 0.2) is 0 Å². The molecule has 2 spiro atoms. The molecule has 0 aromatic carbocycles. The lowest BCUT2D eigenvalue weighted by Gasteiger charge is -2.58. The molecule has 1 saturated heterocycles. The summed E-state index contributed by atoms with van der Waals surface area (Å²) in [5.41, 5.74) is -2.39. The summed E-state index contributed by atoms with van der Waals surface area (Å²) in [5.74, 6) is 2.89. The zero-order valence-corrected chi connectivity index (χ0v) is 25.8. The molecule has 8 nitrogen and oxygen atoms in total. The van der Waals surface area contributed by atoms with Crippen LogP contribution >= 0.6 is 0 Å². The minimum atomic E-state index is -0.716. The van der Waals surface area contributed by atoms with Gasteiger partial charge in [-0.25, -0.2) is 0 Å². The van der Waals surface area contributed by atoms with Crippen molar-refractivity contribution < 1.29 is 38.7 Å². The Morgan fingerprint density at radius 3 is 2.00 bits per heavy atom. The molecular formula is C36H48O8. The van der Waals surface area contributed by atoms with Crippen molar-refractivity contribution in [1.29, 1.82) is 0 Å². The van der Waals surface area contributed by atoms with Crippen molar-refractivity contribution in [2.75, 3.05) is 13.2 Å². The van der Waals surface area contributed by atoms with Gasteiger partial charge < -0.3 is 29.2 Å². The average molecular weight is 609 g/mol. The van der Waals surface area contributed by atoms with Gasteiger partial charge in [0.1, 0.15) is 25.4 Å². The van der Waals surface area contributed by atoms with Gasteiger partial charge in [0.05, 0.1) is 22.0 Å². The molecule has 13 aliphatic rings. The lowest BCUT2D eigenvalue weighted by atomic mass is 9.48. The molecule has 0 radical (unpaired) electrons. The van der Waals surface area contributed by atoms with Crippen LogP contribution in [0.5, 0.6) is 0 Å². The predicted molar refractivity (Wildman–Crippen MR) is 153 cm³/mol. The summed E-state index contributed by atoms with van der Waals surface area (Å²) < 4.78 is 26.2. The second kappa shape index (κ2) is 8.07. The molecule has 14 unspecified atom stereocenters. The fourth-order valence-corrected chi connectivity index (χ4v) is 15.7. The van der Waals surface area contributed by atoms with E-state index in [0.29, 0.717) is 47.8 Å². The predicted octanol–water partition coefficient (Wildman–Crippen LogP) is 4.28. The van der Waals surface area contributed by atoms with E-state index in [1.807, 2.05) is 0 Å². The highest BCUT2D eigenvalue weighted by atomic mass is 16.8. The molecule has 14 atom stereocenters. The number of esters is 2. The van der Waals surface area contributed by atoms with E-state index < -0.39 is 40.0 Å². The van der Waals surface area contributed by atoms with Crippen LogP contribution in [0.4, 0.5) is 0 Å². The van der Waals surface area contributed by atoms with Gasteiger partial charge in [0.15, 0.2) is 5.79 Å². The summed E-state index contributed by atoms with van der Waals surface area (Å²) in [6.45, 7) is 0.233. The molecule has 2 N–H and O–H groups in total. The van der Waals surface area contributed by atoms with E-state index in [1.165, 1.54) is 6.42 Å². The van der Waals surface area contributed by atoms with Crippen LogP contribution in [0.25, 0.3) is 0 Å². The molecule has 11 bridgehead atoms. The highest BCUT2D eigenvalue weighted by molar-refractivity contribution is 5.79. The summed E-state index contributed by atoms with van der Waals surface area (Å²) in [6, 6.07) is 0. The third-order valence-corrected chi connectivity index (χ3v) is 16.4. The van der Waals surface area contributed by atoms with E-state index in [4.69, 9.17) is 18.9 Å². The van der Waals surface area contributed by atoms with Crippen LogP contribution < -0.4 is 0 Å². The Morgan fingerprint density at radius 2 is 1.32 bits per heavy atom. The van der Waals surface area contributed by atoms with Gasteiger partial charge in [-0.1, -0.05) is 0 Å². The van der Waals surface area contributed by atoms with Crippen LogP contribution in [0, 0.1) is 63.6 Å². The van der Waals surface area contributed by atoms with Gasteiger partial charge in [0, 0.05) is 17.3 Å². The van der Waals surface area contributed by atoms with Crippen molar-refractivity contribution in [2.24, 2.45) is 63.6 Å². The number of carbonyl (C=O) groups is 2. The first kappa shape index (κ1) is 26.8. The SMILES string of the molecule is O=C(OCC1OC2(OC1COC(=O)C13CC4CC5(O)CC(C1)C5(C4)C3)C1CC3CC(C1)C2C3)C12CC3CC(CC(O)(C3)C1)C2. The number of hydrogen-bond donors (Lipinski definition) is 2. The smallest absolute Gasteiger partial charge is 0.312 e. The molecule has 1 aliphatic heterocycles. The Morgan fingerprint density at radius 1 is 0.636 bits per heavy atom. The maximum absolute atomic E-state index is 13.9. The maximum Gasteiger partial charge on any atom is 0.312 e. The molecule has 0 amide bonds. The molecule has 44 heavy (non-hydrogen) atoms. The van der Waals surface area contributed by atoms with E-state index in [1.54, 1.807) is 0 Å². The molecule has 12 saturated carbocycles. The molecule has 8 heteroatoms. The summed E-state index contributed by atoms with van der Waals surface area (Å²) in [7, 11) is 0. The quantitative estimate of drug-likeness (QED) is 0.430. The largest absolute Gasteiger partial charge is 0.462 e. The fraction of sp³-hybridized carbons (Fsp3) is 0.944. The van der Waals surface area contributed by atoms with Crippen LogP contribution in [0.2, 0.25) is 0 Å². The van der Waals surface area contributed by atoms with Crippen molar-refractivity contribution in [2.45, 2.75) is 132 Å². The Hall–Kier alpha value is -1.22. The van der Waals surface area contributed by atoms with E-state index in [0.717, 1.165) is 95.8 Å². The van der Waals surface area contributed by atoms with Gasteiger partial charge in [-0.2, -0.15) is 0 Å². The van der Waals surface area contributed by atoms with Crippen molar-refractivity contribution in [1.82, 2.24) is 0 Å². The van der Waals surface area contributed by atoms with Crippen LogP contribution in [0.3, 0.4) is 0 Å². The molecule has 240 valence electrons. The number of hydrogen-bond acceptors (Lipinski definition) is 8. The molecular weight excluding hydrogens is 560 g/mol. The van der Waals surface area contributed by atoms with Gasteiger partial charge in [0.25, 0.3) is 0 Å². The Kier molecular flexibility index (Phi) is 4.92. The number of fused-ring (bicyclic) bond motifs is 2. The molecule has 13 rings (SSSR count). The minimum absolute atomic E-state index is 0.0603. The van der Waals surface area contributed by atoms with Crippen LogP contribution in [-0.2, 0) is 28.5 Å². The maximum atomic E-state index is 13.9. The van der Waals surface area contributed by atoms with E-state index in [-0.39, 0.29) is 30.6 Å². The number of ether oxygens (including phenoxy) is 4. The molecule has 0 aromatic rings. The monoisotopic (exact) mass is 608 g/mol. The van der Waals surface area contributed by atoms with Gasteiger partial charge in [0.2, 0.25) is 0 Å². The first-order chi connectivity index (χ1) is 21.0. The third-order valence-electron chi connectivity index (χ3n) is 16.4. The Balaban J connectivity index is 0.826. The molecule has 13 fully saturated rings. The lowest BCUT2D eigenvalue weighted by Crippen LogP contribution is -2.58. The van der Waals surface area contributed by atoms with Gasteiger partial charge in [-0.3, -0.25) is 9.59 Å². The van der Waals surface area contributed by atoms with Crippen molar-refractivity contribution in [3.8, 4) is 0 Å². The van der Waals surface area contributed by atoms with Crippen molar-refractivity contribution in [3.05, 3.63) is 0 Å². The zero-order valence-electron chi connectivity index (χ0n) is 25.8. The Labute approximate surface area is 259 Å². The summed E-state index contributed by atoms with van der Waals surface area (Å²) in [6.07, 6.45) is 13.9.